The molecule has 0 saturated carbocycles. The normalized spacial score (nSPS) is 23.5. The van der Waals surface area contributed by atoms with E-state index in [9.17, 15) is 9.59 Å². The zero-order chi connectivity index (χ0) is 16.9. The molecule has 6 nitrogen and oxygen atoms in total. The van der Waals surface area contributed by atoms with E-state index in [1.165, 1.54) is 0 Å². The molecule has 2 atom stereocenters. The van der Waals surface area contributed by atoms with E-state index >= 15 is 0 Å². The third-order valence-electron chi connectivity index (χ3n) is 4.58. The van der Waals surface area contributed by atoms with E-state index in [0.717, 1.165) is 31.6 Å². The van der Waals surface area contributed by atoms with Crippen molar-refractivity contribution in [3.63, 3.8) is 0 Å². The van der Waals surface area contributed by atoms with Gasteiger partial charge in [-0.15, -0.1) is 0 Å². The lowest BCUT2D eigenvalue weighted by Crippen LogP contribution is -2.37. The Balaban J connectivity index is 1.53. The predicted octanol–water partition coefficient (Wildman–Crippen LogP) is 1.88. The quantitative estimate of drug-likeness (QED) is 0.864. The maximum absolute atomic E-state index is 12.3. The summed E-state index contributed by atoms with van der Waals surface area (Å²) in [6, 6.07) is 7.28. The molecule has 2 aliphatic heterocycles. The number of amides is 2. The van der Waals surface area contributed by atoms with Crippen molar-refractivity contribution in [2.75, 3.05) is 25.2 Å². The van der Waals surface area contributed by atoms with Crippen molar-refractivity contribution in [3.05, 3.63) is 24.3 Å². The highest BCUT2D eigenvalue weighted by Crippen LogP contribution is 2.31. The number of methoxy groups -OCH3 is 1. The summed E-state index contributed by atoms with van der Waals surface area (Å²) in [6.07, 6.45) is 3.86. The second-order valence-corrected chi connectivity index (χ2v) is 6.32. The molecule has 1 aromatic carbocycles. The summed E-state index contributed by atoms with van der Waals surface area (Å²) in [6.45, 7) is 1.28. The average Bonchev–Trinajstić information content (AvgIpc) is 3.22. The van der Waals surface area contributed by atoms with Gasteiger partial charge in [0.1, 0.15) is 5.75 Å². The Hall–Kier alpha value is -2.08. The molecule has 0 aliphatic carbocycles. The molecule has 0 aromatic heterocycles. The Labute approximate surface area is 142 Å². The number of nitrogens with one attached hydrogen (secondary N) is 1. The van der Waals surface area contributed by atoms with Gasteiger partial charge >= 0.3 is 0 Å². The van der Waals surface area contributed by atoms with Crippen molar-refractivity contribution in [3.8, 4) is 5.75 Å². The van der Waals surface area contributed by atoms with Gasteiger partial charge in [0.25, 0.3) is 0 Å². The van der Waals surface area contributed by atoms with Crippen LogP contribution in [0.1, 0.15) is 32.1 Å². The number of para-hydroxylation sites is 2. The molecule has 2 aliphatic rings. The number of benzene rings is 1. The number of hydrogen-bond donors (Lipinski definition) is 1. The molecule has 24 heavy (non-hydrogen) atoms. The topological polar surface area (TPSA) is 67.9 Å². The van der Waals surface area contributed by atoms with Crippen molar-refractivity contribution < 1.29 is 19.1 Å². The summed E-state index contributed by atoms with van der Waals surface area (Å²) >= 11 is 0. The van der Waals surface area contributed by atoms with Crippen LogP contribution in [0.3, 0.4) is 0 Å². The summed E-state index contributed by atoms with van der Waals surface area (Å²) in [5.41, 5.74) is 0.751. The van der Waals surface area contributed by atoms with E-state index < -0.39 is 0 Å². The Bertz CT molecular complexity index is 598. The van der Waals surface area contributed by atoms with Crippen LogP contribution in [0.25, 0.3) is 0 Å². The fraction of sp³-hybridized carbons (Fsp3) is 0.556. The van der Waals surface area contributed by atoms with Crippen molar-refractivity contribution >= 4 is 17.5 Å². The highest BCUT2D eigenvalue weighted by atomic mass is 16.5. The molecule has 1 aromatic rings. The molecule has 2 saturated heterocycles. The summed E-state index contributed by atoms with van der Waals surface area (Å²) in [4.78, 5) is 26.1. The van der Waals surface area contributed by atoms with Gasteiger partial charge in [0.2, 0.25) is 11.8 Å². The van der Waals surface area contributed by atoms with Crippen LogP contribution >= 0.6 is 0 Å². The van der Waals surface area contributed by atoms with Crippen LogP contribution in [0.15, 0.2) is 24.3 Å². The fourth-order valence-electron chi connectivity index (χ4n) is 3.35. The molecule has 2 amide bonds. The summed E-state index contributed by atoms with van der Waals surface area (Å²) in [7, 11) is 1.59. The molecular formula is C18H24N2O4. The lowest BCUT2D eigenvalue weighted by molar-refractivity contribution is -0.122. The summed E-state index contributed by atoms with van der Waals surface area (Å²) < 4.78 is 10.9. The van der Waals surface area contributed by atoms with Gasteiger partial charge in [-0.25, -0.2) is 0 Å². The Morgan fingerprint density at radius 3 is 3.00 bits per heavy atom. The predicted molar refractivity (Wildman–Crippen MR) is 90.1 cm³/mol. The summed E-state index contributed by atoms with van der Waals surface area (Å²) in [5.74, 6) is 0.658. The first-order chi connectivity index (χ1) is 11.7. The standard InChI is InChI=1S/C18H24N2O4/c1-23-16-7-3-2-6-15(16)20-12-13(11-18(20)22)19-17(21)9-8-14-5-4-10-24-14/h2-3,6-7,13-14H,4-5,8-12H2,1H3,(H,19,21)/t13-,14+/m1/s1. The van der Waals surface area contributed by atoms with Gasteiger partial charge in [-0.05, 0) is 31.4 Å². The van der Waals surface area contributed by atoms with Crippen molar-refractivity contribution in [1.82, 2.24) is 5.32 Å². The molecule has 0 radical (unpaired) electrons. The van der Waals surface area contributed by atoms with Crippen molar-refractivity contribution in [2.24, 2.45) is 0 Å². The smallest absolute Gasteiger partial charge is 0.229 e. The molecule has 2 fully saturated rings. The molecule has 0 bridgehead atoms. The summed E-state index contributed by atoms with van der Waals surface area (Å²) in [5, 5.41) is 2.97. The molecular weight excluding hydrogens is 308 g/mol. The van der Waals surface area contributed by atoms with Gasteiger partial charge in [-0.2, -0.15) is 0 Å². The zero-order valence-electron chi connectivity index (χ0n) is 14.0. The molecule has 130 valence electrons. The monoisotopic (exact) mass is 332 g/mol. The van der Waals surface area contributed by atoms with Crippen molar-refractivity contribution in [1.29, 1.82) is 0 Å². The average molecular weight is 332 g/mol. The highest BCUT2D eigenvalue weighted by Gasteiger charge is 2.33. The number of carbonyl (C=O) groups excluding carboxylic acids is 2. The van der Waals surface area contributed by atoms with Crippen LogP contribution in [-0.4, -0.2) is 44.2 Å². The van der Waals surface area contributed by atoms with Crippen LogP contribution in [0, 0.1) is 0 Å². The van der Waals surface area contributed by atoms with E-state index in [-0.39, 0.29) is 24.0 Å². The molecule has 6 heteroatoms. The third-order valence-corrected chi connectivity index (χ3v) is 4.58. The Morgan fingerprint density at radius 2 is 2.25 bits per heavy atom. The minimum absolute atomic E-state index is 0.00364. The molecule has 0 unspecified atom stereocenters. The maximum Gasteiger partial charge on any atom is 0.229 e. The first kappa shape index (κ1) is 16.8. The van der Waals surface area contributed by atoms with Crippen LogP contribution in [-0.2, 0) is 14.3 Å². The number of nitrogens with zero attached hydrogens (tertiary/aromatic N) is 1. The first-order valence-corrected chi connectivity index (χ1v) is 8.51. The van der Waals surface area contributed by atoms with E-state index in [1.807, 2.05) is 24.3 Å². The Kier molecular flexibility index (Phi) is 5.35. The number of hydrogen-bond acceptors (Lipinski definition) is 4. The van der Waals surface area contributed by atoms with E-state index in [4.69, 9.17) is 9.47 Å². The van der Waals surface area contributed by atoms with Crippen LogP contribution < -0.4 is 15.0 Å². The van der Waals surface area contributed by atoms with Gasteiger partial charge in [0.05, 0.1) is 24.9 Å². The molecule has 3 rings (SSSR count). The number of ether oxygens (including phenoxy) is 2. The first-order valence-electron chi connectivity index (χ1n) is 8.51. The van der Waals surface area contributed by atoms with Crippen LogP contribution in [0.5, 0.6) is 5.75 Å². The molecule has 2 heterocycles. The lowest BCUT2D eigenvalue weighted by atomic mass is 10.1. The van der Waals surface area contributed by atoms with E-state index in [1.54, 1.807) is 12.0 Å². The van der Waals surface area contributed by atoms with Crippen LogP contribution in [0.4, 0.5) is 5.69 Å². The van der Waals surface area contributed by atoms with E-state index in [2.05, 4.69) is 5.32 Å². The second-order valence-electron chi connectivity index (χ2n) is 6.32. The number of carbonyl (C=O) groups is 2. The van der Waals surface area contributed by atoms with Gasteiger partial charge < -0.3 is 19.7 Å². The molecule has 1 N–H and O–H groups in total. The highest BCUT2D eigenvalue weighted by molar-refractivity contribution is 5.98. The Morgan fingerprint density at radius 1 is 1.42 bits per heavy atom. The van der Waals surface area contributed by atoms with E-state index in [0.29, 0.717) is 25.1 Å². The van der Waals surface area contributed by atoms with Gasteiger partial charge in [-0.1, -0.05) is 12.1 Å². The lowest BCUT2D eigenvalue weighted by Gasteiger charge is -2.19. The van der Waals surface area contributed by atoms with Gasteiger partial charge in [0.15, 0.2) is 0 Å². The van der Waals surface area contributed by atoms with Crippen molar-refractivity contribution in [2.45, 2.75) is 44.2 Å². The largest absolute Gasteiger partial charge is 0.495 e. The third kappa shape index (κ3) is 3.87. The van der Waals surface area contributed by atoms with Crippen LogP contribution in [0.2, 0.25) is 0 Å². The fourth-order valence-corrected chi connectivity index (χ4v) is 3.35. The number of anilines is 1. The van der Waals surface area contributed by atoms with Gasteiger partial charge in [0, 0.05) is 26.0 Å². The number of rotatable bonds is 6. The SMILES string of the molecule is COc1ccccc1N1C[C@H](NC(=O)CC[C@@H]2CCCO2)CC1=O. The minimum atomic E-state index is -0.153. The maximum atomic E-state index is 12.3. The molecule has 0 spiro atoms. The van der Waals surface area contributed by atoms with Gasteiger partial charge in [-0.3, -0.25) is 9.59 Å². The second kappa shape index (κ2) is 7.66. The minimum Gasteiger partial charge on any atom is -0.495 e. The zero-order valence-corrected chi connectivity index (χ0v) is 14.0.